The van der Waals surface area contributed by atoms with Gasteiger partial charge in [0.25, 0.3) is 0 Å². The van der Waals surface area contributed by atoms with Gasteiger partial charge in [0.05, 0.1) is 11.7 Å². The number of rotatable bonds is 7. The average molecular weight is 463 g/mol. The maximum Gasteiger partial charge on any atom is 0.350 e. The van der Waals surface area contributed by atoms with Crippen LogP contribution in [0.4, 0.5) is 5.69 Å². The maximum atomic E-state index is 13.0. The Morgan fingerprint density at radius 1 is 0.971 bits per heavy atom. The number of hydrogen-bond donors (Lipinski definition) is 0. The lowest BCUT2D eigenvalue weighted by molar-refractivity contribution is -0.134. The van der Waals surface area contributed by atoms with Crippen LogP contribution in [-0.4, -0.2) is 70.3 Å². The van der Waals surface area contributed by atoms with E-state index >= 15 is 0 Å². The molecule has 1 aliphatic heterocycles. The van der Waals surface area contributed by atoms with Crippen LogP contribution in [0.1, 0.15) is 37.9 Å². The maximum absolute atomic E-state index is 13.0. The summed E-state index contributed by atoms with van der Waals surface area (Å²) < 4.78 is 3.12. The minimum Gasteiger partial charge on any atom is -0.369 e. The molecule has 0 saturated carbocycles. The van der Waals surface area contributed by atoms with Crippen molar-refractivity contribution in [3.63, 3.8) is 0 Å². The van der Waals surface area contributed by atoms with Gasteiger partial charge in [0.1, 0.15) is 12.4 Å². The lowest BCUT2D eigenvalue weighted by atomic mass is 10.0. The highest BCUT2D eigenvalue weighted by molar-refractivity contribution is 5.83. The Labute approximate surface area is 201 Å². The molecule has 3 aromatic rings. The summed E-state index contributed by atoms with van der Waals surface area (Å²) in [6, 6.07) is 17.9. The number of nitrogens with zero attached hydrogens (tertiary/aromatic N) is 6. The van der Waals surface area contributed by atoms with Crippen molar-refractivity contribution in [3.05, 3.63) is 77.0 Å². The van der Waals surface area contributed by atoms with Crippen molar-refractivity contribution in [1.82, 2.24) is 24.1 Å². The highest BCUT2D eigenvalue weighted by Gasteiger charge is 2.31. The van der Waals surface area contributed by atoms with Crippen LogP contribution in [0.3, 0.4) is 0 Å². The summed E-state index contributed by atoms with van der Waals surface area (Å²) in [5.74, 6) is 0.104. The molecule has 8 nitrogen and oxygen atoms in total. The van der Waals surface area contributed by atoms with Gasteiger partial charge < -0.3 is 9.80 Å². The van der Waals surface area contributed by atoms with Crippen LogP contribution in [0.15, 0.2) is 65.7 Å². The third-order valence-electron chi connectivity index (χ3n) is 6.66. The fourth-order valence-electron chi connectivity index (χ4n) is 4.42. The number of hydrogen-bond acceptors (Lipinski definition) is 5. The van der Waals surface area contributed by atoms with E-state index in [-0.39, 0.29) is 23.7 Å². The van der Waals surface area contributed by atoms with E-state index in [2.05, 4.69) is 27.0 Å². The van der Waals surface area contributed by atoms with E-state index in [4.69, 9.17) is 0 Å². The topological polar surface area (TPSA) is 66.6 Å². The summed E-state index contributed by atoms with van der Waals surface area (Å²) in [4.78, 5) is 32.0. The average Bonchev–Trinajstić information content (AvgIpc) is 3.26. The van der Waals surface area contributed by atoms with Crippen LogP contribution in [0.2, 0.25) is 0 Å². The van der Waals surface area contributed by atoms with Gasteiger partial charge in [-0.2, -0.15) is 5.10 Å². The molecule has 1 aromatic heterocycles. The Morgan fingerprint density at radius 2 is 1.59 bits per heavy atom. The van der Waals surface area contributed by atoms with Gasteiger partial charge in [-0.3, -0.25) is 9.69 Å². The Morgan fingerprint density at radius 3 is 2.18 bits per heavy atom. The summed E-state index contributed by atoms with van der Waals surface area (Å²) in [5.41, 5.74) is 2.83. The number of likely N-dealkylation sites (N-methyl/N-ethyl adjacent to an activating group) is 1. The second kappa shape index (κ2) is 10.3. The van der Waals surface area contributed by atoms with Crippen molar-refractivity contribution in [2.45, 2.75) is 32.4 Å². The van der Waals surface area contributed by atoms with Gasteiger partial charge in [-0.1, -0.05) is 37.3 Å². The monoisotopic (exact) mass is 462 g/mol. The van der Waals surface area contributed by atoms with Gasteiger partial charge in [-0.05, 0) is 43.2 Å². The summed E-state index contributed by atoms with van der Waals surface area (Å²) in [7, 11) is 3.63. The van der Waals surface area contributed by atoms with E-state index in [0.29, 0.717) is 0 Å². The number of aromatic nitrogens is 3. The Kier molecular flexibility index (Phi) is 7.17. The first kappa shape index (κ1) is 23.8. The standard InChI is InChI=1S/C26H34N6O2/c1-5-20(2)32-26(34)31(19-27-32)23-13-11-22(12-14-23)29-15-17-30(18-16-29)24(25(33)28(3)4)21-9-7-6-8-10-21/h6-14,19-20,24H,5,15-18H2,1-4H3. The molecule has 0 radical (unpaired) electrons. The molecule has 2 unspecified atom stereocenters. The molecule has 34 heavy (non-hydrogen) atoms. The molecule has 180 valence electrons. The van der Waals surface area contributed by atoms with E-state index in [1.807, 2.05) is 70.4 Å². The minimum absolute atomic E-state index is 0.0726. The second-order valence-corrected chi connectivity index (χ2v) is 9.07. The first-order valence-corrected chi connectivity index (χ1v) is 11.9. The molecule has 0 aliphatic carbocycles. The van der Waals surface area contributed by atoms with Crippen molar-refractivity contribution >= 4 is 11.6 Å². The Hall–Kier alpha value is -3.39. The molecule has 8 heteroatoms. The van der Waals surface area contributed by atoms with Crippen LogP contribution in [0.25, 0.3) is 5.69 Å². The zero-order valence-corrected chi connectivity index (χ0v) is 20.5. The molecule has 1 fully saturated rings. The normalized spacial score (nSPS) is 16.3. The smallest absolute Gasteiger partial charge is 0.350 e. The predicted octanol–water partition coefficient (Wildman–Crippen LogP) is 2.96. The first-order chi connectivity index (χ1) is 16.4. The summed E-state index contributed by atoms with van der Waals surface area (Å²) >= 11 is 0. The SMILES string of the molecule is CCC(C)n1ncn(-c2ccc(N3CCN(C(C(=O)N(C)C)c4ccccc4)CC3)cc2)c1=O. The van der Waals surface area contributed by atoms with Crippen molar-refractivity contribution in [2.75, 3.05) is 45.2 Å². The van der Waals surface area contributed by atoms with Gasteiger partial charge >= 0.3 is 5.69 Å². The van der Waals surface area contributed by atoms with Gasteiger partial charge in [0.2, 0.25) is 5.91 Å². The van der Waals surface area contributed by atoms with Crippen LogP contribution in [0, 0.1) is 0 Å². The van der Waals surface area contributed by atoms with Crippen LogP contribution < -0.4 is 10.6 Å². The molecule has 0 N–H and O–H groups in total. The highest BCUT2D eigenvalue weighted by Crippen LogP contribution is 2.26. The van der Waals surface area contributed by atoms with E-state index in [1.54, 1.807) is 15.8 Å². The van der Waals surface area contributed by atoms with Crippen LogP contribution in [0.5, 0.6) is 0 Å². The lowest BCUT2D eigenvalue weighted by Crippen LogP contribution is -2.51. The van der Waals surface area contributed by atoms with Gasteiger partial charge in [-0.15, -0.1) is 0 Å². The van der Waals surface area contributed by atoms with Crippen LogP contribution >= 0.6 is 0 Å². The molecular formula is C26H34N6O2. The first-order valence-electron chi connectivity index (χ1n) is 11.9. The Bertz CT molecular complexity index is 1140. The largest absolute Gasteiger partial charge is 0.369 e. The number of carbonyl (C=O) groups is 1. The minimum atomic E-state index is -0.269. The van der Waals surface area contributed by atoms with E-state index in [1.165, 1.54) is 4.68 Å². The van der Waals surface area contributed by atoms with Gasteiger partial charge in [0.15, 0.2) is 0 Å². The summed E-state index contributed by atoms with van der Waals surface area (Å²) in [6.07, 6.45) is 2.45. The summed E-state index contributed by atoms with van der Waals surface area (Å²) in [6.45, 7) is 7.29. The molecular weight excluding hydrogens is 428 g/mol. The molecule has 0 spiro atoms. The third kappa shape index (κ3) is 4.77. The third-order valence-corrected chi connectivity index (χ3v) is 6.66. The van der Waals surface area contributed by atoms with Crippen molar-refractivity contribution in [2.24, 2.45) is 0 Å². The molecule has 2 heterocycles. The van der Waals surface area contributed by atoms with E-state index in [9.17, 15) is 9.59 Å². The van der Waals surface area contributed by atoms with E-state index < -0.39 is 0 Å². The zero-order chi connectivity index (χ0) is 24.2. The molecule has 4 rings (SSSR count). The van der Waals surface area contributed by atoms with E-state index in [0.717, 1.165) is 49.5 Å². The molecule has 2 aromatic carbocycles. The van der Waals surface area contributed by atoms with Gasteiger partial charge in [0, 0.05) is 46.0 Å². The van der Waals surface area contributed by atoms with Crippen molar-refractivity contribution in [1.29, 1.82) is 0 Å². The predicted molar refractivity (Wildman–Crippen MR) is 134 cm³/mol. The lowest BCUT2D eigenvalue weighted by Gasteiger charge is -2.40. The number of carbonyl (C=O) groups excluding carboxylic acids is 1. The van der Waals surface area contributed by atoms with Crippen LogP contribution in [-0.2, 0) is 4.79 Å². The highest BCUT2D eigenvalue weighted by atomic mass is 16.2. The summed E-state index contributed by atoms with van der Waals surface area (Å²) in [5, 5.41) is 4.27. The fourth-order valence-corrected chi connectivity index (χ4v) is 4.42. The second-order valence-electron chi connectivity index (χ2n) is 9.07. The zero-order valence-electron chi connectivity index (χ0n) is 20.5. The fraction of sp³-hybridized carbons (Fsp3) is 0.423. The molecule has 2 atom stereocenters. The molecule has 1 saturated heterocycles. The van der Waals surface area contributed by atoms with Gasteiger partial charge in [-0.25, -0.2) is 14.0 Å². The molecule has 0 bridgehead atoms. The number of piperazine rings is 1. The quantitative estimate of drug-likeness (QED) is 0.540. The number of benzene rings is 2. The Balaban J connectivity index is 1.46. The van der Waals surface area contributed by atoms with Crippen molar-refractivity contribution in [3.8, 4) is 5.69 Å². The molecule has 1 aliphatic rings. The number of amides is 1. The van der Waals surface area contributed by atoms with Crippen molar-refractivity contribution < 1.29 is 4.79 Å². The number of anilines is 1. The molecule has 1 amide bonds.